The number of nitrogens with zero attached hydrogens (tertiary/aromatic N) is 2. The van der Waals surface area contributed by atoms with Gasteiger partial charge in [-0.15, -0.1) is 0 Å². The van der Waals surface area contributed by atoms with E-state index in [4.69, 9.17) is 10.5 Å². The molecule has 3 heterocycles. The van der Waals surface area contributed by atoms with Crippen molar-refractivity contribution in [2.45, 2.75) is 44.2 Å². The number of rotatable bonds is 6. The van der Waals surface area contributed by atoms with E-state index < -0.39 is 6.09 Å². The number of halogens is 1. The molecule has 7 nitrogen and oxygen atoms in total. The Morgan fingerprint density at radius 3 is 2.65 bits per heavy atom. The molecule has 1 aliphatic carbocycles. The number of benzene rings is 1. The van der Waals surface area contributed by atoms with E-state index in [1.807, 2.05) is 24.5 Å². The van der Waals surface area contributed by atoms with Crippen molar-refractivity contribution in [2.75, 3.05) is 5.32 Å². The van der Waals surface area contributed by atoms with Crippen molar-refractivity contribution in [3.8, 4) is 11.1 Å². The van der Waals surface area contributed by atoms with Gasteiger partial charge in [-0.25, -0.2) is 19.2 Å². The lowest BCUT2D eigenvalue weighted by Crippen LogP contribution is -2.32. The molecule has 0 bridgehead atoms. The fraction of sp³-hybridized carbons (Fsp3) is 0.269. The summed E-state index contributed by atoms with van der Waals surface area (Å²) in [6, 6.07) is 13.0. The Morgan fingerprint density at radius 1 is 1.09 bits per heavy atom. The van der Waals surface area contributed by atoms with Crippen LogP contribution in [0, 0.1) is 5.82 Å². The molecule has 34 heavy (non-hydrogen) atoms. The van der Waals surface area contributed by atoms with E-state index in [0.717, 1.165) is 64.8 Å². The fourth-order valence-electron chi connectivity index (χ4n) is 4.57. The third-order valence-electron chi connectivity index (χ3n) is 6.33. The number of ether oxygens (including phenoxy) is 1. The maximum atomic E-state index is 13.3. The third-order valence-corrected chi connectivity index (χ3v) is 6.33. The van der Waals surface area contributed by atoms with Gasteiger partial charge in [0.2, 0.25) is 0 Å². The topological polar surface area (TPSA) is 106 Å². The first-order valence-electron chi connectivity index (χ1n) is 11.4. The molecule has 0 unspecified atom stereocenters. The molecule has 5 rings (SSSR count). The largest absolute Gasteiger partial charge is 0.446 e. The van der Waals surface area contributed by atoms with Crippen molar-refractivity contribution in [3.63, 3.8) is 0 Å². The second-order valence-electron chi connectivity index (χ2n) is 8.72. The predicted molar refractivity (Wildman–Crippen MR) is 129 cm³/mol. The summed E-state index contributed by atoms with van der Waals surface area (Å²) in [7, 11) is 0. The minimum Gasteiger partial charge on any atom is -0.446 e. The zero-order chi connectivity index (χ0) is 23.5. The Morgan fingerprint density at radius 2 is 1.88 bits per heavy atom. The average Bonchev–Trinajstić information content (AvgIpc) is 3.23. The first-order chi connectivity index (χ1) is 16.5. The highest BCUT2D eigenvalue weighted by molar-refractivity contribution is 5.85. The van der Waals surface area contributed by atoms with Gasteiger partial charge in [-0.3, -0.25) is 0 Å². The number of pyridine rings is 2. The zero-order valence-corrected chi connectivity index (χ0v) is 18.6. The van der Waals surface area contributed by atoms with Crippen molar-refractivity contribution in [1.82, 2.24) is 15.0 Å². The number of nitrogens with two attached hydrogens (primary N) is 1. The summed E-state index contributed by atoms with van der Waals surface area (Å²) in [6.07, 6.45) is 8.82. The number of carbonyl (C=O) groups is 1. The number of aromatic nitrogens is 3. The van der Waals surface area contributed by atoms with Crippen LogP contribution in [-0.2, 0) is 11.2 Å². The Kier molecular flexibility index (Phi) is 6.12. The van der Waals surface area contributed by atoms with Gasteiger partial charge in [-0.1, -0.05) is 12.1 Å². The molecule has 4 N–H and O–H groups in total. The Hall–Kier alpha value is -3.94. The van der Waals surface area contributed by atoms with Crippen LogP contribution in [0.2, 0.25) is 0 Å². The number of carbonyl (C=O) groups excluding carboxylic acids is 1. The van der Waals surface area contributed by atoms with Crippen LogP contribution < -0.4 is 11.1 Å². The Balaban J connectivity index is 1.31. The van der Waals surface area contributed by atoms with E-state index in [1.54, 1.807) is 18.3 Å². The van der Waals surface area contributed by atoms with Gasteiger partial charge in [0, 0.05) is 35.6 Å². The van der Waals surface area contributed by atoms with Crippen molar-refractivity contribution in [2.24, 2.45) is 5.73 Å². The summed E-state index contributed by atoms with van der Waals surface area (Å²) in [6.45, 7) is 0. The van der Waals surface area contributed by atoms with Gasteiger partial charge >= 0.3 is 6.09 Å². The van der Waals surface area contributed by atoms with E-state index in [9.17, 15) is 9.18 Å². The summed E-state index contributed by atoms with van der Waals surface area (Å²) >= 11 is 0. The van der Waals surface area contributed by atoms with Gasteiger partial charge in [0.25, 0.3) is 0 Å². The van der Waals surface area contributed by atoms with Crippen molar-refractivity contribution < 1.29 is 13.9 Å². The maximum absolute atomic E-state index is 13.3. The van der Waals surface area contributed by atoms with Crippen LogP contribution in [0.1, 0.15) is 36.8 Å². The molecule has 1 aromatic carbocycles. The first-order valence-corrected chi connectivity index (χ1v) is 11.4. The summed E-state index contributed by atoms with van der Waals surface area (Å²) < 4.78 is 18.4. The summed E-state index contributed by atoms with van der Waals surface area (Å²) in [5.41, 5.74) is 10.1. The molecule has 1 aliphatic rings. The smallest absolute Gasteiger partial charge is 0.404 e. The van der Waals surface area contributed by atoms with Gasteiger partial charge in [0.15, 0.2) is 0 Å². The van der Waals surface area contributed by atoms with Crippen LogP contribution in [0.5, 0.6) is 0 Å². The van der Waals surface area contributed by atoms with E-state index in [2.05, 4.69) is 26.3 Å². The number of anilines is 1. The molecule has 0 atom stereocenters. The molecular formula is C26H26FN5O2. The number of aromatic amines is 1. The Bertz CT molecular complexity index is 1300. The highest BCUT2D eigenvalue weighted by atomic mass is 19.1. The normalized spacial score (nSPS) is 18.0. The lowest BCUT2D eigenvalue weighted by molar-refractivity contribution is 0.0805. The summed E-state index contributed by atoms with van der Waals surface area (Å²) in [5.74, 6) is 0.568. The van der Waals surface area contributed by atoms with E-state index in [-0.39, 0.29) is 18.0 Å². The molecular weight excluding hydrogens is 433 g/mol. The third kappa shape index (κ3) is 5.01. The average molecular weight is 460 g/mol. The lowest BCUT2D eigenvalue weighted by Gasteiger charge is -2.28. The molecule has 1 fully saturated rings. The molecule has 174 valence electrons. The quantitative estimate of drug-likeness (QED) is 0.369. The van der Waals surface area contributed by atoms with Crippen LogP contribution in [-0.4, -0.2) is 33.2 Å². The van der Waals surface area contributed by atoms with E-state index >= 15 is 0 Å². The molecule has 0 saturated heterocycles. The number of hydrogen-bond acceptors (Lipinski definition) is 5. The second kappa shape index (κ2) is 9.51. The van der Waals surface area contributed by atoms with Crippen LogP contribution in [0.25, 0.3) is 22.2 Å². The number of fused-ring (bicyclic) bond motifs is 1. The fourth-order valence-corrected chi connectivity index (χ4v) is 4.57. The monoisotopic (exact) mass is 459 g/mol. The van der Waals surface area contributed by atoms with Crippen LogP contribution in [0.15, 0.2) is 61.1 Å². The second-order valence-corrected chi connectivity index (χ2v) is 8.72. The molecule has 8 heteroatoms. The zero-order valence-electron chi connectivity index (χ0n) is 18.6. The van der Waals surface area contributed by atoms with Crippen LogP contribution in [0.4, 0.5) is 15.0 Å². The van der Waals surface area contributed by atoms with Gasteiger partial charge in [0.1, 0.15) is 23.4 Å². The minimum absolute atomic E-state index is 0.0990. The molecule has 0 radical (unpaired) electrons. The molecule has 1 saturated carbocycles. The summed E-state index contributed by atoms with van der Waals surface area (Å²) in [4.78, 5) is 23.3. The van der Waals surface area contributed by atoms with Crippen molar-refractivity contribution in [3.05, 3.63) is 78.0 Å². The van der Waals surface area contributed by atoms with Crippen molar-refractivity contribution >= 4 is 22.9 Å². The van der Waals surface area contributed by atoms with Crippen molar-refractivity contribution in [1.29, 1.82) is 0 Å². The number of amides is 1. The van der Waals surface area contributed by atoms with E-state index in [0.29, 0.717) is 6.42 Å². The molecule has 1 amide bonds. The Labute approximate surface area is 196 Å². The molecule has 0 spiro atoms. The number of H-pyrrole nitrogens is 1. The van der Waals surface area contributed by atoms with Crippen LogP contribution >= 0.6 is 0 Å². The maximum Gasteiger partial charge on any atom is 0.404 e. The summed E-state index contributed by atoms with van der Waals surface area (Å²) in [5, 5.41) is 4.55. The van der Waals surface area contributed by atoms with Gasteiger partial charge in [0.05, 0.1) is 0 Å². The van der Waals surface area contributed by atoms with Gasteiger partial charge < -0.3 is 20.8 Å². The highest BCUT2D eigenvalue weighted by Gasteiger charge is 2.23. The first kappa shape index (κ1) is 21.9. The standard InChI is InChI=1S/C26H26FN5O2/c27-20-3-1-16(2-4-20)11-19-15-31-25-23(19)12-18(14-30-25)17-9-10-29-24(13-17)32-21-5-7-22(8-6-21)34-26(28)33/h1-4,9-10,12-15,21-22H,5-8,11H2,(H2,28,33)(H,29,32)(H,30,31). The minimum atomic E-state index is -0.709. The predicted octanol–water partition coefficient (Wildman–Crippen LogP) is 5.17. The molecule has 4 aromatic rings. The van der Waals surface area contributed by atoms with Crippen LogP contribution in [0.3, 0.4) is 0 Å². The molecule has 0 aliphatic heterocycles. The number of hydrogen-bond donors (Lipinski definition) is 3. The highest BCUT2D eigenvalue weighted by Crippen LogP contribution is 2.28. The SMILES string of the molecule is NC(=O)OC1CCC(Nc2cc(-c3cnc4[nH]cc(Cc5ccc(F)cc5)c4c3)ccn2)CC1. The number of primary amides is 1. The number of nitrogens with one attached hydrogen (secondary N) is 2. The van der Waals surface area contributed by atoms with Gasteiger partial charge in [-0.2, -0.15) is 0 Å². The van der Waals surface area contributed by atoms with Gasteiger partial charge in [-0.05, 0) is 79.1 Å². The molecule has 3 aromatic heterocycles. The van der Waals surface area contributed by atoms with E-state index in [1.165, 1.54) is 12.1 Å². The lowest BCUT2D eigenvalue weighted by atomic mass is 9.93.